The van der Waals surface area contributed by atoms with E-state index in [1.807, 2.05) is 0 Å². The molecule has 2 rings (SSSR count). The second-order valence-corrected chi connectivity index (χ2v) is 6.26. The molecule has 1 aliphatic heterocycles. The lowest BCUT2D eigenvalue weighted by Gasteiger charge is -2.19. The van der Waals surface area contributed by atoms with Crippen LogP contribution in [0.2, 0.25) is 0 Å². The van der Waals surface area contributed by atoms with E-state index in [1.165, 1.54) is 10.3 Å². The first kappa shape index (κ1) is 16.5. The van der Waals surface area contributed by atoms with Gasteiger partial charge in [-0.1, -0.05) is 0 Å². The van der Waals surface area contributed by atoms with Crippen LogP contribution >= 0.6 is 11.3 Å². The molecule has 2 heterocycles. The first-order valence-corrected chi connectivity index (χ1v) is 7.27. The van der Waals surface area contributed by atoms with Crippen LogP contribution in [0, 0.1) is 5.41 Å². The Labute approximate surface area is 127 Å². The highest BCUT2D eigenvalue weighted by Crippen LogP contribution is 2.31. The predicted molar refractivity (Wildman–Crippen MR) is 72.8 cm³/mol. The maximum absolute atomic E-state index is 12.2. The van der Waals surface area contributed by atoms with Crippen molar-refractivity contribution in [2.45, 2.75) is 25.9 Å². The van der Waals surface area contributed by atoms with Gasteiger partial charge in [-0.3, -0.25) is 10.1 Å². The molecule has 1 aromatic rings. The molecule has 0 radical (unpaired) electrons. The number of rotatable bonds is 3. The van der Waals surface area contributed by atoms with Crippen LogP contribution in [0.4, 0.5) is 23.1 Å². The number of likely N-dealkylation sites (tertiary alicyclic amines) is 1. The van der Waals surface area contributed by atoms with E-state index in [1.54, 1.807) is 6.92 Å². The second-order valence-electron chi connectivity index (χ2n) is 5.40. The molecule has 1 unspecified atom stereocenters. The molecule has 1 fully saturated rings. The minimum absolute atomic E-state index is 0.0505. The molecule has 0 aliphatic carbocycles. The Morgan fingerprint density at radius 1 is 1.55 bits per heavy atom. The summed E-state index contributed by atoms with van der Waals surface area (Å²) in [7, 11) is 0. The number of amides is 2. The highest BCUT2D eigenvalue weighted by molar-refractivity contribution is 7.13. The number of carboxylic acid groups (broad SMARTS) is 1. The molecule has 1 aromatic heterocycles. The van der Waals surface area contributed by atoms with E-state index in [0.29, 0.717) is 6.42 Å². The van der Waals surface area contributed by atoms with Gasteiger partial charge in [0.1, 0.15) is 0 Å². The number of thiazole rings is 1. The topological polar surface area (TPSA) is 82.5 Å². The summed E-state index contributed by atoms with van der Waals surface area (Å²) in [5.74, 6) is -0.982. The number of aromatic nitrogens is 1. The van der Waals surface area contributed by atoms with Crippen molar-refractivity contribution in [3.05, 3.63) is 11.1 Å². The van der Waals surface area contributed by atoms with Crippen LogP contribution in [0.25, 0.3) is 0 Å². The molecule has 6 nitrogen and oxygen atoms in total. The number of carbonyl (C=O) groups is 2. The van der Waals surface area contributed by atoms with E-state index >= 15 is 0 Å². The van der Waals surface area contributed by atoms with Crippen LogP contribution in [-0.4, -0.2) is 46.3 Å². The number of hydrogen-bond donors (Lipinski definition) is 2. The number of halogens is 3. The Kier molecular flexibility index (Phi) is 4.32. The van der Waals surface area contributed by atoms with Crippen molar-refractivity contribution in [1.82, 2.24) is 9.88 Å². The summed E-state index contributed by atoms with van der Waals surface area (Å²) >= 11 is 0.898. The molecular weight excluding hydrogens is 323 g/mol. The summed E-state index contributed by atoms with van der Waals surface area (Å²) in [4.78, 5) is 28.1. The summed E-state index contributed by atoms with van der Waals surface area (Å²) < 4.78 is 36.7. The number of nitrogens with one attached hydrogen (secondary N) is 1. The standard InChI is InChI=1S/C12H14F3N3O3S/c1-11(8(19)20)2-3-18(6-11)10(21)17-9-16-7(5-22-9)4-12(13,14)15/h5H,2-4,6H2,1H3,(H,19,20)(H,16,17,21). The van der Waals surface area contributed by atoms with Crippen LogP contribution in [-0.2, 0) is 11.2 Å². The summed E-state index contributed by atoms with van der Waals surface area (Å²) in [5, 5.41) is 12.8. The Hall–Kier alpha value is -1.84. The minimum Gasteiger partial charge on any atom is -0.481 e. The smallest absolute Gasteiger partial charge is 0.394 e. The van der Waals surface area contributed by atoms with Gasteiger partial charge in [-0.2, -0.15) is 13.2 Å². The molecule has 0 aromatic carbocycles. The van der Waals surface area contributed by atoms with Gasteiger partial charge in [0.25, 0.3) is 0 Å². The van der Waals surface area contributed by atoms with Gasteiger partial charge >= 0.3 is 18.2 Å². The van der Waals surface area contributed by atoms with Crippen LogP contribution < -0.4 is 5.32 Å². The van der Waals surface area contributed by atoms with E-state index < -0.39 is 30.0 Å². The zero-order chi connectivity index (χ0) is 16.5. The summed E-state index contributed by atoms with van der Waals surface area (Å²) in [6.07, 6.45) is -5.18. The number of urea groups is 1. The highest BCUT2D eigenvalue weighted by Gasteiger charge is 2.42. The largest absolute Gasteiger partial charge is 0.481 e. The van der Waals surface area contributed by atoms with Crippen molar-refractivity contribution >= 4 is 28.5 Å². The van der Waals surface area contributed by atoms with Gasteiger partial charge in [-0.15, -0.1) is 11.3 Å². The van der Waals surface area contributed by atoms with Crippen LogP contribution in [0.15, 0.2) is 5.38 Å². The minimum atomic E-state index is -4.35. The number of anilines is 1. The molecule has 0 bridgehead atoms. The van der Waals surface area contributed by atoms with Gasteiger partial charge in [0.2, 0.25) is 0 Å². The van der Waals surface area contributed by atoms with Gasteiger partial charge < -0.3 is 10.0 Å². The quantitative estimate of drug-likeness (QED) is 0.888. The van der Waals surface area contributed by atoms with Crippen molar-refractivity contribution in [2.24, 2.45) is 5.41 Å². The Morgan fingerprint density at radius 2 is 2.23 bits per heavy atom. The van der Waals surface area contributed by atoms with Gasteiger partial charge in [-0.05, 0) is 13.3 Å². The van der Waals surface area contributed by atoms with Crippen molar-refractivity contribution in [2.75, 3.05) is 18.4 Å². The molecule has 122 valence electrons. The zero-order valence-electron chi connectivity index (χ0n) is 11.6. The third-order valence-electron chi connectivity index (χ3n) is 3.42. The number of carboxylic acids is 1. The van der Waals surface area contributed by atoms with Crippen LogP contribution in [0.5, 0.6) is 0 Å². The van der Waals surface area contributed by atoms with Gasteiger partial charge in [0.05, 0.1) is 17.5 Å². The number of nitrogens with zero attached hydrogens (tertiary/aromatic N) is 2. The SMILES string of the molecule is CC1(C(=O)O)CCN(C(=O)Nc2nc(CC(F)(F)F)cs2)C1. The maximum atomic E-state index is 12.2. The lowest BCUT2D eigenvalue weighted by Crippen LogP contribution is -2.37. The molecule has 1 aliphatic rings. The third-order valence-corrected chi connectivity index (χ3v) is 4.23. The van der Waals surface area contributed by atoms with Gasteiger partial charge in [0.15, 0.2) is 5.13 Å². The highest BCUT2D eigenvalue weighted by atomic mass is 32.1. The first-order chi connectivity index (χ1) is 10.1. The van der Waals surface area contributed by atoms with Crippen molar-refractivity contribution < 1.29 is 27.9 Å². The van der Waals surface area contributed by atoms with Crippen LogP contribution in [0.3, 0.4) is 0 Å². The van der Waals surface area contributed by atoms with E-state index in [-0.39, 0.29) is 23.9 Å². The maximum Gasteiger partial charge on any atom is 0.394 e. The van der Waals surface area contributed by atoms with Crippen molar-refractivity contribution in [3.8, 4) is 0 Å². The molecule has 10 heteroatoms. The van der Waals surface area contributed by atoms with E-state index in [4.69, 9.17) is 5.11 Å². The monoisotopic (exact) mass is 337 g/mol. The predicted octanol–water partition coefficient (Wildman–Crippen LogP) is 2.58. The fourth-order valence-corrected chi connectivity index (χ4v) is 2.83. The molecule has 0 spiro atoms. The second kappa shape index (κ2) is 5.75. The van der Waals surface area contributed by atoms with E-state index in [0.717, 1.165) is 11.3 Å². The first-order valence-electron chi connectivity index (χ1n) is 6.39. The average Bonchev–Trinajstić information content (AvgIpc) is 2.95. The van der Waals surface area contributed by atoms with Gasteiger partial charge in [-0.25, -0.2) is 9.78 Å². The summed E-state index contributed by atoms with van der Waals surface area (Å²) in [6, 6.07) is -0.558. The Morgan fingerprint density at radius 3 is 2.77 bits per heavy atom. The zero-order valence-corrected chi connectivity index (χ0v) is 12.4. The third kappa shape index (κ3) is 3.87. The number of carbonyl (C=O) groups excluding carboxylic acids is 1. The Balaban J connectivity index is 1.95. The fraction of sp³-hybridized carbons (Fsp3) is 0.583. The molecule has 1 saturated heterocycles. The lowest BCUT2D eigenvalue weighted by atomic mass is 9.90. The normalized spacial score (nSPS) is 21.9. The number of hydrogen-bond acceptors (Lipinski definition) is 4. The molecular formula is C12H14F3N3O3S. The van der Waals surface area contributed by atoms with Crippen LogP contribution in [0.1, 0.15) is 19.0 Å². The lowest BCUT2D eigenvalue weighted by molar-refractivity contribution is -0.147. The molecule has 2 amide bonds. The fourth-order valence-electron chi connectivity index (χ4n) is 2.13. The van der Waals surface area contributed by atoms with Crippen molar-refractivity contribution in [3.63, 3.8) is 0 Å². The molecule has 2 N–H and O–H groups in total. The Bertz CT molecular complexity index is 590. The molecule has 22 heavy (non-hydrogen) atoms. The average molecular weight is 337 g/mol. The van der Waals surface area contributed by atoms with Crippen molar-refractivity contribution in [1.29, 1.82) is 0 Å². The molecule has 0 saturated carbocycles. The van der Waals surface area contributed by atoms with E-state index in [2.05, 4.69) is 10.3 Å². The van der Waals surface area contributed by atoms with E-state index in [9.17, 15) is 22.8 Å². The summed E-state index contributed by atoms with van der Waals surface area (Å²) in [5.41, 5.74) is -1.16. The number of aliphatic carboxylic acids is 1. The van der Waals surface area contributed by atoms with Gasteiger partial charge in [0, 0.05) is 18.5 Å². The molecule has 1 atom stereocenters. The summed E-state index contributed by atoms with van der Waals surface area (Å²) in [6.45, 7) is 1.87. The number of alkyl halides is 3.